The summed E-state index contributed by atoms with van der Waals surface area (Å²) in [6.45, 7) is 2.82. The fourth-order valence-corrected chi connectivity index (χ4v) is 5.50. The number of carbonyl (C=O) groups is 1. The highest BCUT2D eigenvalue weighted by Gasteiger charge is 2.21. The Kier molecular flexibility index (Phi) is 6.01. The molecule has 1 aliphatic rings. The second kappa shape index (κ2) is 9.21. The van der Waals surface area contributed by atoms with Gasteiger partial charge in [-0.15, -0.1) is 23.1 Å². The molecule has 3 heterocycles. The summed E-state index contributed by atoms with van der Waals surface area (Å²) in [5, 5.41) is 3.68. The summed E-state index contributed by atoms with van der Waals surface area (Å²) in [7, 11) is 0. The molecular weight excluding hydrogens is 426 g/mol. The van der Waals surface area contributed by atoms with Gasteiger partial charge in [-0.25, -0.2) is 9.97 Å². The van der Waals surface area contributed by atoms with Gasteiger partial charge in [0.1, 0.15) is 5.82 Å². The van der Waals surface area contributed by atoms with Crippen LogP contribution in [0.5, 0.6) is 0 Å². The molecule has 4 aromatic rings. The summed E-state index contributed by atoms with van der Waals surface area (Å²) in [5.74, 6) is 1.92. The highest BCUT2D eigenvalue weighted by Crippen LogP contribution is 2.29. The lowest BCUT2D eigenvalue weighted by molar-refractivity contribution is -0.113. The van der Waals surface area contributed by atoms with Crippen LogP contribution in [0.25, 0.3) is 11.0 Å². The molecule has 8 heteroatoms. The van der Waals surface area contributed by atoms with Crippen molar-refractivity contribution in [3.8, 4) is 0 Å². The largest absolute Gasteiger partial charge is 0.341 e. The number of thiazole rings is 1. The molecule has 158 valence electrons. The van der Waals surface area contributed by atoms with Gasteiger partial charge in [0.2, 0.25) is 5.91 Å². The lowest BCUT2D eigenvalue weighted by atomic mass is 10.1. The SMILES string of the molecule is O=C(CSCc1nc2ccccc2[nH]1)Nc1nc2c(s1)CN(Cc1ccccc1)CC2. The van der Waals surface area contributed by atoms with E-state index in [2.05, 4.69) is 49.4 Å². The number of rotatable bonds is 7. The minimum absolute atomic E-state index is 0.0200. The third-order valence-electron chi connectivity index (χ3n) is 5.22. The van der Waals surface area contributed by atoms with Gasteiger partial charge in [-0.05, 0) is 17.7 Å². The Labute approximate surface area is 189 Å². The number of anilines is 1. The molecule has 0 bridgehead atoms. The molecule has 1 aliphatic heterocycles. The van der Waals surface area contributed by atoms with E-state index in [-0.39, 0.29) is 5.91 Å². The number of nitrogens with one attached hydrogen (secondary N) is 2. The zero-order chi connectivity index (χ0) is 21.0. The van der Waals surface area contributed by atoms with Crippen LogP contribution in [0.2, 0.25) is 0 Å². The normalized spacial score (nSPS) is 13.9. The summed E-state index contributed by atoms with van der Waals surface area (Å²) >= 11 is 3.15. The monoisotopic (exact) mass is 449 g/mol. The first-order valence-corrected chi connectivity index (χ1v) is 12.3. The fourth-order valence-electron chi connectivity index (χ4n) is 3.75. The van der Waals surface area contributed by atoms with E-state index in [4.69, 9.17) is 0 Å². The van der Waals surface area contributed by atoms with Crippen LogP contribution in [0.3, 0.4) is 0 Å². The molecule has 0 radical (unpaired) electrons. The zero-order valence-electron chi connectivity index (χ0n) is 17.0. The Morgan fingerprint density at radius 2 is 1.97 bits per heavy atom. The molecule has 5 rings (SSSR count). The van der Waals surface area contributed by atoms with E-state index in [0.29, 0.717) is 16.6 Å². The van der Waals surface area contributed by atoms with Crippen molar-refractivity contribution in [3.63, 3.8) is 0 Å². The summed E-state index contributed by atoms with van der Waals surface area (Å²) < 4.78 is 0. The molecule has 0 saturated heterocycles. The number of carbonyl (C=O) groups excluding carboxylic acids is 1. The Hall–Kier alpha value is -2.68. The number of H-pyrrole nitrogens is 1. The molecule has 31 heavy (non-hydrogen) atoms. The maximum atomic E-state index is 12.4. The average molecular weight is 450 g/mol. The van der Waals surface area contributed by atoms with E-state index in [9.17, 15) is 4.79 Å². The smallest absolute Gasteiger partial charge is 0.236 e. The van der Waals surface area contributed by atoms with Crippen LogP contribution in [-0.4, -0.2) is 38.1 Å². The van der Waals surface area contributed by atoms with Crippen molar-refractivity contribution in [2.24, 2.45) is 0 Å². The molecule has 0 fully saturated rings. The summed E-state index contributed by atoms with van der Waals surface area (Å²) in [6.07, 6.45) is 0.926. The third-order valence-corrected chi connectivity index (χ3v) is 7.16. The Morgan fingerprint density at radius 3 is 2.84 bits per heavy atom. The highest BCUT2D eigenvalue weighted by molar-refractivity contribution is 7.99. The first-order valence-electron chi connectivity index (χ1n) is 10.3. The number of fused-ring (bicyclic) bond motifs is 2. The number of hydrogen-bond acceptors (Lipinski definition) is 6. The predicted molar refractivity (Wildman–Crippen MR) is 127 cm³/mol. The van der Waals surface area contributed by atoms with E-state index in [1.165, 1.54) is 10.4 Å². The Bertz CT molecular complexity index is 1150. The lowest BCUT2D eigenvalue weighted by Crippen LogP contribution is -2.29. The molecule has 1 amide bonds. The Balaban J connectivity index is 1.12. The fraction of sp³-hybridized carbons (Fsp3) is 0.261. The second-order valence-electron chi connectivity index (χ2n) is 7.58. The van der Waals surface area contributed by atoms with Gasteiger partial charge in [-0.3, -0.25) is 9.69 Å². The Morgan fingerprint density at radius 1 is 1.13 bits per heavy atom. The first-order chi connectivity index (χ1) is 15.2. The van der Waals surface area contributed by atoms with Crippen molar-refractivity contribution < 1.29 is 4.79 Å². The van der Waals surface area contributed by atoms with E-state index in [1.54, 1.807) is 23.1 Å². The number of thioether (sulfide) groups is 1. The van der Waals surface area contributed by atoms with E-state index >= 15 is 0 Å². The molecule has 2 N–H and O–H groups in total. The summed E-state index contributed by atoms with van der Waals surface area (Å²) in [4.78, 5) is 28.6. The van der Waals surface area contributed by atoms with Crippen molar-refractivity contribution in [1.82, 2.24) is 19.9 Å². The van der Waals surface area contributed by atoms with Crippen LogP contribution < -0.4 is 5.32 Å². The quantitative estimate of drug-likeness (QED) is 0.436. The van der Waals surface area contributed by atoms with E-state index in [1.807, 2.05) is 30.3 Å². The molecule has 0 aliphatic carbocycles. The van der Waals surface area contributed by atoms with Crippen molar-refractivity contribution in [3.05, 3.63) is 76.6 Å². The van der Waals surface area contributed by atoms with E-state index in [0.717, 1.165) is 48.6 Å². The predicted octanol–water partition coefficient (Wildman–Crippen LogP) is 4.45. The number of aromatic nitrogens is 3. The topological polar surface area (TPSA) is 73.9 Å². The van der Waals surface area contributed by atoms with Gasteiger partial charge >= 0.3 is 0 Å². The van der Waals surface area contributed by atoms with Gasteiger partial charge in [0.15, 0.2) is 5.13 Å². The van der Waals surface area contributed by atoms with Gasteiger partial charge in [0.05, 0.1) is 28.2 Å². The van der Waals surface area contributed by atoms with Crippen LogP contribution in [0, 0.1) is 0 Å². The molecule has 6 nitrogen and oxygen atoms in total. The summed E-state index contributed by atoms with van der Waals surface area (Å²) in [6, 6.07) is 18.5. The van der Waals surface area contributed by atoms with Crippen molar-refractivity contribution >= 4 is 45.2 Å². The molecular formula is C23H23N5OS2. The maximum Gasteiger partial charge on any atom is 0.236 e. The molecule has 0 spiro atoms. The number of nitrogens with zero attached hydrogens (tertiary/aromatic N) is 3. The average Bonchev–Trinajstić information content (AvgIpc) is 3.37. The van der Waals surface area contributed by atoms with Gasteiger partial charge < -0.3 is 10.3 Å². The number of imidazole rings is 1. The van der Waals surface area contributed by atoms with Gasteiger partial charge in [-0.1, -0.05) is 42.5 Å². The number of benzene rings is 2. The standard InChI is InChI=1S/C23H23N5OS2/c29-22(15-30-14-21-24-17-8-4-5-9-18(17)25-21)27-23-26-19-10-11-28(13-20(19)31-23)12-16-6-2-1-3-7-16/h1-9H,10-15H2,(H,24,25)(H,26,27,29). The molecule has 0 unspecified atom stereocenters. The van der Waals surface area contributed by atoms with Gasteiger partial charge in [-0.2, -0.15) is 0 Å². The van der Waals surface area contributed by atoms with Crippen molar-refractivity contribution in [2.75, 3.05) is 17.6 Å². The van der Waals surface area contributed by atoms with Gasteiger partial charge in [0, 0.05) is 30.9 Å². The highest BCUT2D eigenvalue weighted by atomic mass is 32.2. The van der Waals surface area contributed by atoms with Gasteiger partial charge in [0.25, 0.3) is 0 Å². The van der Waals surface area contributed by atoms with Crippen LogP contribution in [0.1, 0.15) is 22.0 Å². The number of para-hydroxylation sites is 2. The third kappa shape index (κ3) is 4.98. The molecule has 0 atom stereocenters. The molecule has 0 saturated carbocycles. The number of amides is 1. The maximum absolute atomic E-state index is 12.4. The number of hydrogen-bond donors (Lipinski definition) is 2. The number of aromatic amines is 1. The summed E-state index contributed by atoms with van der Waals surface area (Å²) in [5.41, 5.74) is 4.43. The van der Waals surface area contributed by atoms with Crippen molar-refractivity contribution in [1.29, 1.82) is 0 Å². The zero-order valence-corrected chi connectivity index (χ0v) is 18.6. The van der Waals surface area contributed by atoms with Crippen LogP contribution in [0.4, 0.5) is 5.13 Å². The van der Waals surface area contributed by atoms with E-state index < -0.39 is 0 Å². The first kappa shape index (κ1) is 20.2. The second-order valence-corrected chi connectivity index (χ2v) is 9.65. The lowest BCUT2D eigenvalue weighted by Gasteiger charge is -2.25. The molecule has 2 aromatic carbocycles. The molecule has 2 aromatic heterocycles. The van der Waals surface area contributed by atoms with Crippen LogP contribution in [-0.2, 0) is 30.1 Å². The minimum atomic E-state index is -0.0200. The van der Waals surface area contributed by atoms with Crippen LogP contribution >= 0.6 is 23.1 Å². The van der Waals surface area contributed by atoms with Crippen molar-refractivity contribution in [2.45, 2.75) is 25.3 Å². The van der Waals surface area contributed by atoms with Crippen LogP contribution in [0.15, 0.2) is 54.6 Å². The minimum Gasteiger partial charge on any atom is -0.341 e.